The van der Waals surface area contributed by atoms with Crippen molar-refractivity contribution in [2.75, 3.05) is 0 Å². The Kier molecular flexibility index (Phi) is 1.79. The fourth-order valence-electron chi connectivity index (χ4n) is 3.88. The highest BCUT2D eigenvalue weighted by molar-refractivity contribution is 5.82. The van der Waals surface area contributed by atoms with Crippen molar-refractivity contribution in [3.63, 3.8) is 0 Å². The lowest BCUT2D eigenvalue weighted by molar-refractivity contribution is 0.480. The van der Waals surface area contributed by atoms with Crippen molar-refractivity contribution in [1.29, 1.82) is 0 Å². The molecule has 0 bridgehead atoms. The second-order valence-corrected chi connectivity index (χ2v) is 5.58. The van der Waals surface area contributed by atoms with Gasteiger partial charge in [0, 0.05) is 10.9 Å². The van der Waals surface area contributed by atoms with Gasteiger partial charge in [0.05, 0.1) is 11.8 Å². The van der Waals surface area contributed by atoms with E-state index in [9.17, 15) is 0 Å². The van der Waals surface area contributed by atoms with Crippen LogP contribution in [0.1, 0.15) is 31.2 Å². The van der Waals surface area contributed by atoms with Crippen LogP contribution in [0.25, 0.3) is 11.0 Å². The molecular formula is C15H17NO. The SMILES string of the molecule is NC1(c2coc3ccccc23)C2CCCCC21. The van der Waals surface area contributed by atoms with E-state index in [4.69, 9.17) is 10.2 Å². The lowest BCUT2D eigenvalue weighted by atomic mass is 10.0. The van der Waals surface area contributed by atoms with E-state index in [1.165, 1.54) is 36.6 Å². The van der Waals surface area contributed by atoms with Crippen LogP contribution in [0.5, 0.6) is 0 Å². The van der Waals surface area contributed by atoms with Gasteiger partial charge in [0.15, 0.2) is 0 Å². The zero-order valence-electron chi connectivity index (χ0n) is 9.86. The van der Waals surface area contributed by atoms with Crippen LogP contribution >= 0.6 is 0 Å². The monoisotopic (exact) mass is 227 g/mol. The van der Waals surface area contributed by atoms with Crippen LogP contribution in [0, 0.1) is 11.8 Å². The third-order valence-electron chi connectivity index (χ3n) is 4.83. The zero-order chi connectivity index (χ0) is 11.5. The summed E-state index contributed by atoms with van der Waals surface area (Å²) in [4.78, 5) is 0. The number of nitrogens with two attached hydrogens (primary N) is 1. The number of para-hydroxylation sites is 1. The molecule has 2 aromatic rings. The molecule has 88 valence electrons. The number of hydrogen-bond donors (Lipinski definition) is 1. The minimum Gasteiger partial charge on any atom is -0.464 e. The third kappa shape index (κ3) is 1.14. The predicted octanol–water partition coefficient (Wildman–Crippen LogP) is 3.41. The Labute approximate surface area is 101 Å². The van der Waals surface area contributed by atoms with Crippen molar-refractivity contribution in [3.05, 3.63) is 36.1 Å². The van der Waals surface area contributed by atoms with Gasteiger partial charge in [0.2, 0.25) is 0 Å². The highest BCUT2D eigenvalue weighted by atomic mass is 16.3. The van der Waals surface area contributed by atoms with Crippen molar-refractivity contribution in [2.45, 2.75) is 31.2 Å². The molecule has 2 atom stereocenters. The summed E-state index contributed by atoms with van der Waals surface area (Å²) in [6, 6.07) is 8.23. The zero-order valence-corrected chi connectivity index (χ0v) is 9.86. The Bertz CT molecular complexity index is 559. The number of fused-ring (bicyclic) bond motifs is 2. The molecule has 2 fully saturated rings. The molecule has 2 aliphatic rings. The summed E-state index contributed by atoms with van der Waals surface area (Å²) in [6.45, 7) is 0. The van der Waals surface area contributed by atoms with E-state index in [0.29, 0.717) is 11.8 Å². The van der Waals surface area contributed by atoms with Gasteiger partial charge < -0.3 is 10.2 Å². The van der Waals surface area contributed by atoms with Gasteiger partial charge >= 0.3 is 0 Å². The molecule has 0 aliphatic heterocycles. The summed E-state index contributed by atoms with van der Waals surface area (Å²) in [5.74, 6) is 1.38. The van der Waals surface area contributed by atoms with Crippen LogP contribution < -0.4 is 5.73 Å². The van der Waals surface area contributed by atoms with Gasteiger partial charge in [-0.2, -0.15) is 0 Å². The average Bonchev–Trinajstić information content (AvgIpc) is 2.80. The van der Waals surface area contributed by atoms with Crippen molar-refractivity contribution in [3.8, 4) is 0 Å². The number of rotatable bonds is 1. The molecule has 1 aromatic carbocycles. The van der Waals surface area contributed by atoms with Crippen molar-refractivity contribution >= 4 is 11.0 Å². The van der Waals surface area contributed by atoms with Crippen LogP contribution in [0.2, 0.25) is 0 Å². The van der Waals surface area contributed by atoms with Crippen molar-refractivity contribution < 1.29 is 4.42 Å². The molecule has 2 aliphatic carbocycles. The summed E-state index contributed by atoms with van der Waals surface area (Å²) in [5, 5.41) is 1.21. The summed E-state index contributed by atoms with van der Waals surface area (Å²) in [5.41, 5.74) is 8.78. The Hall–Kier alpha value is -1.28. The van der Waals surface area contributed by atoms with E-state index in [0.717, 1.165) is 5.58 Å². The van der Waals surface area contributed by atoms with Gasteiger partial charge in [-0.25, -0.2) is 0 Å². The molecule has 0 spiro atoms. The normalized spacial score (nSPS) is 35.8. The van der Waals surface area contributed by atoms with E-state index >= 15 is 0 Å². The lowest BCUT2D eigenvalue weighted by Gasteiger charge is -2.09. The second-order valence-electron chi connectivity index (χ2n) is 5.58. The van der Waals surface area contributed by atoms with Crippen LogP contribution in [0.15, 0.2) is 34.9 Å². The highest BCUT2D eigenvalue weighted by Gasteiger charge is 2.63. The molecule has 0 radical (unpaired) electrons. The minimum absolute atomic E-state index is 0.0941. The summed E-state index contributed by atoms with van der Waals surface area (Å²) in [6.07, 6.45) is 7.16. The summed E-state index contributed by atoms with van der Waals surface area (Å²) in [7, 11) is 0. The molecule has 0 saturated heterocycles. The van der Waals surface area contributed by atoms with Crippen LogP contribution in [0.4, 0.5) is 0 Å². The number of furan rings is 1. The molecule has 2 N–H and O–H groups in total. The van der Waals surface area contributed by atoms with Crippen LogP contribution in [0.3, 0.4) is 0 Å². The molecule has 17 heavy (non-hydrogen) atoms. The molecular weight excluding hydrogens is 210 g/mol. The molecule has 1 heterocycles. The Morgan fingerprint density at radius 1 is 1.12 bits per heavy atom. The predicted molar refractivity (Wildman–Crippen MR) is 67.5 cm³/mol. The highest BCUT2D eigenvalue weighted by Crippen LogP contribution is 2.63. The fraction of sp³-hybridized carbons (Fsp3) is 0.467. The molecule has 2 unspecified atom stereocenters. The standard InChI is InChI=1S/C15H17NO/c16-15(11-6-2-3-7-12(11)15)13-9-17-14-8-4-1-5-10(13)14/h1,4-5,8-9,11-12H,2-3,6-7,16H2. The van der Waals surface area contributed by atoms with Gasteiger partial charge in [-0.15, -0.1) is 0 Å². The van der Waals surface area contributed by atoms with Gasteiger partial charge in [0.1, 0.15) is 5.58 Å². The maximum atomic E-state index is 6.67. The minimum atomic E-state index is -0.0941. The summed E-state index contributed by atoms with van der Waals surface area (Å²) >= 11 is 0. The Morgan fingerprint density at radius 2 is 1.82 bits per heavy atom. The molecule has 2 heteroatoms. The van der Waals surface area contributed by atoms with Gasteiger partial charge in [-0.3, -0.25) is 0 Å². The number of benzene rings is 1. The van der Waals surface area contributed by atoms with E-state index < -0.39 is 0 Å². The number of hydrogen-bond acceptors (Lipinski definition) is 2. The first-order chi connectivity index (χ1) is 8.32. The molecule has 4 rings (SSSR count). The van der Waals surface area contributed by atoms with Crippen molar-refractivity contribution in [1.82, 2.24) is 0 Å². The maximum absolute atomic E-state index is 6.67. The maximum Gasteiger partial charge on any atom is 0.134 e. The Balaban J connectivity index is 1.85. The molecule has 2 saturated carbocycles. The van der Waals surface area contributed by atoms with E-state index in [1.807, 2.05) is 18.4 Å². The first-order valence-electron chi connectivity index (χ1n) is 6.57. The lowest BCUT2D eigenvalue weighted by Crippen LogP contribution is -2.23. The Morgan fingerprint density at radius 3 is 2.59 bits per heavy atom. The van der Waals surface area contributed by atoms with E-state index in [2.05, 4.69) is 12.1 Å². The first kappa shape index (κ1) is 9.72. The van der Waals surface area contributed by atoms with Crippen molar-refractivity contribution in [2.24, 2.45) is 17.6 Å². The van der Waals surface area contributed by atoms with Gasteiger partial charge in [-0.1, -0.05) is 31.0 Å². The fourth-order valence-corrected chi connectivity index (χ4v) is 3.88. The quantitative estimate of drug-likeness (QED) is 0.810. The van der Waals surface area contributed by atoms with E-state index in [1.54, 1.807) is 0 Å². The van der Waals surface area contributed by atoms with Gasteiger partial charge in [-0.05, 0) is 30.7 Å². The first-order valence-corrected chi connectivity index (χ1v) is 6.57. The van der Waals surface area contributed by atoms with E-state index in [-0.39, 0.29) is 5.54 Å². The third-order valence-corrected chi connectivity index (χ3v) is 4.83. The molecule has 2 nitrogen and oxygen atoms in total. The topological polar surface area (TPSA) is 39.2 Å². The largest absolute Gasteiger partial charge is 0.464 e. The average molecular weight is 227 g/mol. The second kappa shape index (κ2) is 3.14. The van der Waals surface area contributed by atoms with Gasteiger partial charge in [0.25, 0.3) is 0 Å². The molecule has 0 amide bonds. The van der Waals surface area contributed by atoms with Crippen LogP contribution in [-0.2, 0) is 5.54 Å². The smallest absolute Gasteiger partial charge is 0.134 e. The van der Waals surface area contributed by atoms with Crippen LogP contribution in [-0.4, -0.2) is 0 Å². The molecule has 1 aromatic heterocycles. The summed E-state index contributed by atoms with van der Waals surface area (Å²) < 4.78 is 5.64.